The van der Waals surface area contributed by atoms with Crippen molar-refractivity contribution < 1.29 is 0 Å². The van der Waals surface area contributed by atoms with Crippen LogP contribution in [-0.4, -0.2) is 0 Å². The Morgan fingerprint density at radius 1 is 0.133 bits per heavy atom. The Kier molecular flexibility index (Phi) is 15.3. The highest BCUT2D eigenvalue weighted by Crippen LogP contribution is 2.48. The van der Waals surface area contributed by atoms with Crippen molar-refractivity contribution in [1.29, 1.82) is 0 Å². The third-order valence-electron chi connectivity index (χ3n) is 18.5. The molecular formula is C90H60N4S4. The van der Waals surface area contributed by atoms with Crippen molar-refractivity contribution in [2.75, 3.05) is 19.6 Å². The van der Waals surface area contributed by atoms with Crippen LogP contribution in [0.4, 0.5) is 68.2 Å². The lowest BCUT2D eigenvalue weighted by Crippen LogP contribution is -2.09. The average Bonchev–Trinajstić information content (AvgIpc) is 1.57. The van der Waals surface area contributed by atoms with Crippen LogP contribution in [-0.2, 0) is 0 Å². The maximum atomic E-state index is 2.41. The Bertz CT molecular complexity index is 5990. The molecule has 15 aromatic carbocycles. The van der Waals surface area contributed by atoms with Crippen molar-refractivity contribution in [3.63, 3.8) is 0 Å². The normalized spacial score (nSPS) is 11.5. The third-order valence-corrected chi connectivity index (χ3v) is 23.0. The van der Waals surface area contributed by atoms with Gasteiger partial charge in [-0.05, 0) is 193 Å². The predicted octanol–water partition coefficient (Wildman–Crippen LogP) is 28.4. The molecule has 19 aromatic rings. The molecule has 0 unspecified atom stereocenters. The standard InChI is InChI=1S/C48H32N2S2.C42H28N2S2/c1-4-12-33(13-5-1)34-20-22-37(23-21-34)50(39-26-28-46-43(31-39)41-18-10-11-19-45(41)51-46)40-24-27-42-44-30-38(25-29-47(44)52-48(42)32-40)49(35-14-6-2-7-15-35)36-16-8-3-9-17-36;1-4-12-29(13-5-1)43(30-14-6-2-7-15-30)32-21-25-41-38(26-32)36-23-20-34(28-42(36)46-41)44(31-16-8-3-9-17-31)33-22-24-40-37(27-33)35-18-10-11-19-39(35)45-40/h1-32H;1-28H. The van der Waals surface area contributed by atoms with Gasteiger partial charge in [0, 0.05) is 149 Å². The van der Waals surface area contributed by atoms with Crippen molar-refractivity contribution in [3.05, 3.63) is 364 Å². The minimum Gasteiger partial charge on any atom is -0.310 e. The Labute approximate surface area is 584 Å². The van der Waals surface area contributed by atoms with E-state index < -0.39 is 0 Å². The van der Waals surface area contributed by atoms with Crippen molar-refractivity contribution in [2.24, 2.45) is 0 Å². The van der Waals surface area contributed by atoms with Crippen LogP contribution in [0.2, 0.25) is 0 Å². The second-order valence-corrected chi connectivity index (χ2v) is 28.8. The maximum Gasteiger partial charge on any atom is 0.0476 e. The highest BCUT2D eigenvalue weighted by atomic mass is 32.1. The molecule has 19 rings (SSSR count). The average molecular weight is 1330 g/mol. The summed E-state index contributed by atoms with van der Waals surface area (Å²) in [5, 5.41) is 10.3. The van der Waals surface area contributed by atoms with Crippen molar-refractivity contribution in [2.45, 2.75) is 0 Å². The van der Waals surface area contributed by atoms with Gasteiger partial charge in [0.2, 0.25) is 0 Å². The van der Waals surface area contributed by atoms with Crippen LogP contribution in [0.3, 0.4) is 0 Å². The Morgan fingerprint density at radius 2 is 0.347 bits per heavy atom. The van der Waals surface area contributed by atoms with Gasteiger partial charge in [0.25, 0.3) is 0 Å². The molecule has 464 valence electrons. The van der Waals surface area contributed by atoms with Gasteiger partial charge in [-0.1, -0.05) is 182 Å². The molecule has 0 amide bonds. The number of para-hydroxylation sites is 5. The number of hydrogen-bond acceptors (Lipinski definition) is 8. The van der Waals surface area contributed by atoms with Gasteiger partial charge in [0.05, 0.1) is 0 Å². The van der Waals surface area contributed by atoms with Gasteiger partial charge < -0.3 is 19.6 Å². The summed E-state index contributed by atoms with van der Waals surface area (Å²) in [4.78, 5) is 9.46. The molecule has 0 saturated carbocycles. The van der Waals surface area contributed by atoms with Crippen LogP contribution in [0.15, 0.2) is 364 Å². The molecule has 0 fully saturated rings. The number of rotatable bonds is 13. The van der Waals surface area contributed by atoms with Crippen LogP contribution in [0.5, 0.6) is 0 Å². The van der Waals surface area contributed by atoms with Gasteiger partial charge in [0.15, 0.2) is 0 Å². The van der Waals surface area contributed by atoms with E-state index in [0.29, 0.717) is 0 Å². The minimum absolute atomic E-state index is 1.13. The van der Waals surface area contributed by atoms with Crippen molar-refractivity contribution >= 4 is 194 Å². The summed E-state index contributed by atoms with van der Waals surface area (Å²) in [7, 11) is 0. The lowest BCUT2D eigenvalue weighted by atomic mass is 10.0. The zero-order chi connectivity index (χ0) is 64.9. The molecule has 0 aliphatic carbocycles. The molecule has 4 aromatic heterocycles. The van der Waals surface area contributed by atoms with Gasteiger partial charge in [-0.15, -0.1) is 45.3 Å². The molecule has 0 radical (unpaired) electrons. The number of anilines is 12. The van der Waals surface area contributed by atoms with Crippen molar-refractivity contribution in [1.82, 2.24) is 0 Å². The van der Waals surface area contributed by atoms with Crippen LogP contribution < -0.4 is 19.6 Å². The topological polar surface area (TPSA) is 13.0 Å². The summed E-state index contributed by atoms with van der Waals surface area (Å²) in [6, 6.07) is 132. The van der Waals surface area contributed by atoms with Gasteiger partial charge >= 0.3 is 0 Å². The number of fused-ring (bicyclic) bond motifs is 12. The molecule has 4 nitrogen and oxygen atoms in total. The summed E-state index contributed by atoms with van der Waals surface area (Å²) in [6.07, 6.45) is 0. The smallest absolute Gasteiger partial charge is 0.0476 e. The van der Waals surface area contributed by atoms with E-state index >= 15 is 0 Å². The fourth-order valence-corrected chi connectivity index (χ4v) is 18.3. The molecule has 98 heavy (non-hydrogen) atoms. The van der Waals surface area contributed by atoms with Crippen LogP contribution in [0.25, 0.3) is 91.8 Å². The summed E-state index contributed by atoms with van der Waals surface area (Å²) >= 11 is 7.43. The number of hydrogen-bond donors (Lipinski definition) is 0. The Balaban J connectivity index is 0.000000143. The van der Waals surface area contributed by atoms with Gasteiger partial charge in [-0.25, -0.2) is 0 Å². The molecule has 0 aliphatic rings. The minimum atomic E-state index is 1.13. The molecule has 0 atom stereocenters. The van der Waals surface area contributed by atoms with Crippen molar-refractivity contribution in [3.8, 4) is 11.1 Å². The van der Waals surface area contributed by atoms with E-state index in [9.17, 15) is 0 Å². The Hall–Kier alpha value is -11.6. The number of nitrogens with zero attached hydrogens (tertiary/aromatic N) is 4. The third kappa shape index (κ3) is 11.1. The van der Waals surface area contributed by atoms with E-state index in [1.807, 2.05) is 45.3 Å². The molecular weight excluding hydrogens is 1270 g/mol. The molecule has 0 spiro atoms. The predicted molar refractivity (Wildman–Crippen MR) is 429 cm³/mol. The maximum absolute atomic E-state index is 2.41. The van der Waals surface area contributed by atoms with E-state index in [1.165, 1.54) is 91.8 Å². The summed E-state index contributed by atoms with van der Waals surface area (Å²) in [5.74, 6) is 0. The SMILES string of the molecule is c1ccc(-c2ccc(N(c3ccc4c(c3)sc3ccc(N(c5ccccc5)c5ccccc5)cc34)c3ccc4sc5ccccc5c4c3)cc2)cc1.c1ccc(N(c2ccc3c(c2)sc2ccc(N(c4ccccc4)c4ccccc4)cc23)c2ccc3sc4ccccc4c3c2)cc1. The van der Waals surface area contributed by atoms with E-state index in [-0.39, 0.29) is 0 Å². The monoisotopic (exact) mass is 1320 g/mol. The van der Waals surface area contributed by atoms with E-state index in [1.54, 1.807) is 0 Å². The second-order valence-electron chi connectivity index (χ2n) is 24.4. The van der Waals surface area contributed by atoms with Gasteiger partial charge in [-0.3, -0.25) is 0 Å². The number of benzene rings is 15. The van der Waals surface area contributed by atoms with E-state index in [0.717, 1.165) is 68.2 Å². The van der Waals surface area contributed by atoms with Gasteiger partial charge in [0.1, 0.15) is 0 Å². The molecule has 0 bridgehead atoms. The first-order chi connectivity index (χ1) is 48.6. The summed E-state index contributed by atoms with van der Waals surface area (Å²) < 4.78 is 10.4. The first kappa shape index (κ1) is 58.9. The highest BCUT2D eigenvalue weighted by molar-refractivity contribution is 7.27. The molecule has 0 aliphatic heterocycles. The molecule has 4 heterocycles. The van der Waals surface area contributed by atoms with Crippen LogP contribution in [0, 0.1) is 0 Å². The fourth-order valence-electron chi connectivity index (χ4n) is 13.9. The summed E-state index contributed by atoms with van der Waals surface area (Å²) in [6.45, 7) is 0. The van der Waals surface area contributed by atoms with Gasteiger partial charge in [-0.2, -0.15) is 0 Å². The largest absolute Gasteiger partial charge is 0.310 e. The lowest BCUT2D eigenvalue weighted by molar-refractivity contribution is 1.29. The van der Waals surface area contributed by atoms with Crippen LogP contribution >= 0.6 is 45.3 Å². The lowest BCUT2D eigenvalue weighted by Gasteiger charge is -2.26. The quantitative estimate of drug-likeness (QED) is 0.114. The second kappa shape index (κ2) is 25.5. The van der Waals surface area contributed by atoms with E-state index in [4.69, 9.17) is 0 Å². The van der Waals surface area contributed by atoms with E-state index in [2.05, 4.69) is 384 Å². The zero-order valence-corrected chi connectivity index (χ0v) is 56.3. The first-order valence-corrected chi connectivity index (χ1v) is 36.2. The summed E-state index contributed by atoms with van der Waals surface area (Å²) in [5.41, 5.74) is 16.1. The zero-order valence-electron chi connectivity index (χ0n) is 53.1. The Morgan fingerprint density at radius 3 is 0.684 bits per heavy atom. The molecule has 0 saturated heterocycles. The first-order valence-electron chi connectivity index (χ1n) is 32.9. The number of thiophene rings is 4. The highest BCUT2D eigenvalue weighted by Gasteiger charge is 2.22. The molecule has 8 heteroatoms. The fraction of sp³-hybridized carbons (Fsp3) is 0. The van der Waals surface area contributed by atoms with Crippen LogP contribution in [0.1, 0.15) is 0 Å². The molecule has 0 N–H and O–H groups in total.